The molecule has 21 heavy (non-hydrogen) atoms. The van der Waals surface area contributed by atoms with Gasteiger partial charge in [0, 0.05) is 10.6 Å². The van der Waals surface area contributed by atoms with Crippen LogP contribution in [0.25, 0.3) is 0 Å². The average Bonchev–Trinajstić information content (AvgIpc) is 2.45. The fraction of sp³-hybridized carbons (Fsp3) is 0.278. The highest BCUT2D eigenvalue weighted by Gasteiger charge is 2.16. The molecule has 0 heterocycles. The molecule has 0 aliphatic heterocycles. The van der Waals surface area contributed by atoms with Gasteiger partial charge in [0.25, 0.3) is 0 Å². The highest BCUT2D eigenvalue weighted by atomic mass is 32.2. The van der Waals surface area contributed by atoms with Crippen molar-refractivity contribution in [2.24, 2.45) is 0 Å². The van der Waals surface area contributed by atoms with E-state index >= 15 is 0 Å². The molecular weight excluding hydrogens is 278 g/mol. The van der Waals surface area contributed by atoms with Crippen molar-refractivity contribution in [1.29, 1.82) is 0 Å². The lowest BCUT2D eigenvalue weighted by Gasteiger charge is -2.15. The molecule has 0 unspecified atom stereocenters. The van der Waals surface area contributed by atoms with Gasteiger partial charge in [0.15, 0.2) is 0 Å². The lowest BCUT2D eigenvalue weighted by Crippen LogP contribution is -2.23. The zero-order chi connectivity index (χ0) is 15.4. The highest BCUT2D eigenvalue weighted by Crippen LogP contribution is 2.26. The van der Waals surface area contributed by atoms with Crippen LogP contribution in [0.1, 0.15) is 23.6 Å². The minimum atomic E-state index is -0.133. The van der Waals surface area contributed by atoms with E-state index in [1.54, 1.807) is 11.8 Å². The van der Waals surface area contributed by atoms with E-state index in [4.69, 9.17) is 0 Å². The smallest absolute Gasteiger partial charge is 0.237 e. The number of thioether (sulfide) groups is 1. The Morgan fingerprint density at radius 2 is 1.57 bits per heavy atom. The molecule has 2 nitrogen and oxygen atoms in total. The summed E-state index contributed by atoms with van der Waals surface area (Å²) in [5.41, 5.74) is 4.35. The molecule has 1 atom stereocenters. The third-order valence-corrected chi connectivity index (χ3v) is 4.54. The van der Waals surface area contributed by atoms with Crippen LogP contribution in [0.5, 0.6) is 0 Å². The molecule has 0 saturated carbocycles. The monoisotopic (exact) mass is 299 g/mol. The summed E-state index contributed by atoms with van der Waals surface area (Å²) in [6.07, 6.45) is 0. The molecule has 0 radical (unpaired) electrons. The van der Waals surface area contributed by atoms with Gasteiger partial charge in [-0.2, -0.15) is 0 Å². The second-order valence-electron chi connectivity index (χ2n) is 5.33. The fourth-order valence-corrected chi connectivity index (χ4v) is 2.98. The Bertz CT molecular complexity index is 614. The largest absolute Gasteiger partial charge is 0.325 e. The Hall–Kier alpha value is -1.74. The van der Waals surface area contributed by atoms with E-state index in [2.05, 4.69) is 36.5 Å². The molecule has 0 fully saturated rings. The number of hydrogen-bond donors (Lipinski definition) is 1. The van der Waals surface area contributed by atoms with E-state index in [1.165, 1.54) is 5.56 Å². The van der Waals surface area contributed by atoms with Crippen LogP contribution < -0.4 is 5.32 Å². The molecule has 2 rings (SSSR count). The Labute approximate surface area is 131 Å². The quantitative estimate of drug-likeness (QED) is 0.827. The Kier molecular flexibility index (Phi) is 5.07. The van der Waals surface area contributed by atoms with Crippen molar-refractivity contribution in [3.63, 3.8) is 0 Å². The molecule has 0 saturated heterocycles. The van der Waals surface area contributed by atoms with E-state index in [0.29, 0.717) is 0 Å². The molecule has 0 aromatic heterocycles. The van der Waals surface area contributed by atoms with Crippen LogP contribution >= 0.6 is 11.8 Å². The first-order valence-corrected chi connectivity index (χ1v) is 7.96. The predicted octanol–water partition coefficient (Wildman–Crippen LogP) is 4.73. The minimum Gasteiger partial charge on any atom is -0.325 e. The van der Waals surface area contributed by atoms with Crippen molar-refractivity contribution < 1.29 is 4.79 Å². The maximum Gasteiger partial charge on any atom is 0.237 e. The molecule has 0 aliphatic rings. The maximum atomic E-state index is 12.4. The maximum absolute atomic E-state index is 12.4. The zero-order valence-electron chi connectivity index (χ0n) is 12.9. The van der Waals surface area contributed by atoms with Crippen molar-refractivity contribution in [2.45, 2.75) is 37.8 Å². The Morgan fingerprint density at radius 3 is 2.14 bits per heavy atom. The van der Waals surface area contributed by atoms with Gasteiger partial charge < -0.3 is 5.32 Å². The van der Waals surface area contributed by atoms with Crippen LogP contribution in [-0.4, -0.2) is 11.2 Å². The van der Waals surface area contributed by atoms with Crippen LogP contribution in [0.2, 0.25) is 0 Å². The highest BCUT2D eigenvalue weighted by molar-refractivity contribution is 8.00. The molecule has 1 amide bonds. The first-order valence-electron chi connectivity index (χ1n) is 7.08. The van der Waals surface area contributed by atoms with Crippen LogP contribution in [0.15, 0.2) is 47.4 Å². The Morgan fingerprint density at radius 1 is 1.00 bits per heavy atom. The second-order valence-corrected chi connectivity index (χ2v) is 6.74. The summed E-state index contributed by atoms with van der Waals surface area (Å²) in [7, 11) is 0. The molecule has 1 N–H and O–H groups in total. The van der Waals surface area contributed by atoms with E-state index in [1.807, 2.05) is 39.0 Å². The minimum absolute atomic E-state index is 0.0398. The number of benzene rings is 2. The number of hydrogen-bond acceptors (Lipinski definition) is 2. The molecule has 2 aromatic rings. The normalized spacial score (nSPS) is 12.0. The van der Waals surface area contributed by atoms with Gasteiger partial charge in [0.2, 0.25) is 5.91 Å². The number of para-hydroxylation sites is 1. The first-order chi connectivity index (χ1) is 9.97. The van der Waals surface area contributed by atoms with Crippen molar-refractivity contribution in [2.75, 3.05) is 5.32 Å². The third kappa shape index (κ3) is 4.11. The van der Waals surface area contributed by atoms with E-state index in [-0.39, 0.29) is 11.2 Å². The van der Waals surface area contributed by atoms with Gasteiger partial charge in [0.05, 0.1) is 5.25 Å². The Balaban J connectivity index is 2.04. The van der Waals surface area contributed by atoms with Crippen LogP contribution in [0.3, 0.4) is 0 Å². The number of nitrogens with one attached hydrogen (secondary N) is 1. The van der Waals surface area contributed by atoms with E-state index in [9.17, 15) is 4.79 Å². The topological polar surface area (TPSA) is 29.1 Å². The van der Waals surface area contributed by atoms with Gasteiger partial charge in [-0.15, -0.1) is 11.8 Å². The average molecular weight is 299 g/mol. The summed E-state index contributed by atoms with van der Waals surface area (Å²) < 4.78 is 0. The van der Waals surface area contributed by atoms with Crippen LogP contribution in [0, 0.1) is 20.8 Å². The van der Waals surface area contributed by atoms with Crippen molar-refractivity contribution in [3.05, 3.63) is 59.2 Å². The van der Waals surface area contributed by atoms with Gasteiger partial charge in [-0.3, -0.25) is 4.79 Å². The van der Waals surface area contributed by atoms with Gasteiger partial charge in [-0.05, 0) is 51.0 Å². The second kappa shape index (κ2) is 6.81. The summed E-state index contributed by atoms with van der Waals surface area (Å²) in [5, 5.41) is 2.92. The number of anilines is 1. The SMILES string of the molecule is Cc1ccc(S[C@@H](C)C(=O)Nc2c(C)cccc2C)cc1. The predicted molar refractivity (Wildman–Crippen MR) is 91.0 cm³/mol. The van der Waals surface area contributed by atoms with Gasteiger partial charge in [-0.25, -0.2) is 0 Å². The van der Waals surface area contributed by atoms with Crippen molar-refractivity contribution in [1.82, 2.24) is 0 Å². The van der Waals surface area contributed by atoms with Crippen LogP contribution in [0.4, 0.5) is 5.69 Å². The third-order valence-electron chi connectivity index (χ3n) is 3.43. The molecule has 0 bridgehead atoms. The lowest BCUT2D eigenvalue weighted by atomic mass is 10.1. The summed E-state index contributed by atoms with van der Waals surface area (Å²) in [4.78, 5) is 13.5. The molecule has 0 spiro atoms. The van der Waals surface area contributed by atoms with Crippen molar-refractivity contribution in [3.8, 4) is 0 Å². The number of amides is 1. The first kappa shape index (κ1) is 15.6. The summed E-state index contributed by atoms with van der Waals surface area (Å²) >= 11 is 1.58. The standard InChI is InChI=1S/C18H21NOS/c1-12-8-10-16(11-9-12)21-15(4)18(20)19-17-13(2)6-5-7-14(17)3/h5-11,15H,1-4H3,(H,19,20)/t15-/m0/s1. The zero-order valence-corrected chi connectivity index (χ0v) is 13.8. The molecule has 110 valence electrons. The number of carbonyl (C=O) groups excluding carboxylic acids is 1. The van der Waals surface area contributed by atoms with E-state index < -0.39 is 0 Å². The molecule has 0 aliphatic carbocycles. The molecular formula is C18H21NOS. The van der Waals surface area contributed by atoms with Gasteiger partial charge >= 0.3 is 0 Å². The summed E-state index contributed by atoms with van der Waals surface area (Å²) in [6, 6.07) is 14.3. The lowest BCUT2D eigenvalue weighted by molar-refractivity contribution is -0.115. The molecule has 2 aromatic carbocycles. The van der Waals surface area contributed by atoms with Gasteiger partial charge in [-0.1, -0.05) is 35.9 Å². The number of rotatable bonds is 4. The fourth-order valence-electron chi connectivity index (χ4n) is 2.11. The number of aryl methyl sites for hydroxylation is 3. The van der Waals surface area contributed by atoms with Crippen molar-refractivity contribution >= 4 is 23.4 Å². The van der Waals surface area contributed by atoms with Gasteiger partial charge in [0.1, 0.15) is 0 Å². The molecule has 3 heteroatoms. The van der Waals surface area contributed by atoms with E-state index in [0.717, 1.165) is 21.7 Å². The summed E-state index contributed by atoms with van der Waals surface area (Å²) in [5.74, 6) is 0.0398. The summed E-state index contributed by atoms with van der Waals surface area (Å²) in [6.45, 7) is 8.03. The van der Waals surface area contributed by atoms with Crippen LogP contribution in [-0.2, 0) is 4.79 Å². The number of carbonyl (C=O) groups is 1.